The van der Waals surface area contributed by atoms with Gasteiger partial charge in [0.05, 0.1) is 11.4 Å². The van der Waals surface area contributed by atoms with E-state index < -0.39 is 35.0 Å². The van der Waals surface area contributed by atoms with Gasteiger partial charge in [-0.05, 0) is 12.2 Å². The second-order valence-corrected chi connectivity index (χ2v) is 3.41. The Labute approximate surface area is 95.8 Å². The largest absolute Gasteiger partial charge is 0.435 e. The van der Waals surface area contributed by atoms with Crippen LogP contribution < -0.4 is 0 Å². The van der Waals surface area contributed by atoms with Gasteiger partial charge in [0.15, 0.2) is 0 Å². The Kier molecular flexibility index (Phi) is 3.14. The summed E-state index contributed by atoms with van der Waals surface area (Å²) in [7, 11) is 0. The Hall–Kier alpha value is -1.67. The fourth-order valence-corrected chi connectivity index (χ4v) is 1.25. The van der Waals surface area contributed by atoms with Crippen molar-refractivity contribution in [1.82, 2.24) is 0 Å². The van der Waals surface area contributed by atoms with Gasteiger partial charge in [0, 0.05) is 5.57 Å². The van der Waals surface area contributed by atoms with Gasteiger partial charge in [-0.2, -0.15) is 26.3 Å². The molecule has 0 aromatic heterocycles. The minimum atomic E-state index is -6.21. The van der Waals surface area contributed by atoms with Crippen molar-refractivity contribution >= 4 is 11.4 Å². The SMILES string of the molecule is N=C1C=CC(C(F)(C(F)(F)F)C(F)(F)F)=CC1=N. The van der Waals surface area contributed by atoms with Crippen LogP contribution in [0.2, 0.25) is 0 Å². The first-order valence-corrected chi connectivity index (χ1v) is 4.31. The number of allylic oxidation sites excluding steroid dienone is 4. The van der Waals surface area contributed by atoms with Gasteiger partial charge in [-0.15, -0.1) is 0 Å². The molecule has 100 valence electrons. The third-order valence-corrected chi connectivity index (χ3v) is 2.20. The third kappa shape index (κ3) is 2.04. The highest BCUT2D eigenvalue weighted by Crippen LogP contribution is 2.51. The molecule has 0 spiro atoms. The molecule has 0 aromatic rings. The Morgan fingerprint density at radius 1 is 0.722 bits per heavy atom. The van der Waals surface area contributed by atoms with Crippen LogP contribution in [0.15, 0.2) is 23.8 Å². The van der Waals surface area contributed by atoms with Crippen LogP contribution >= 0.6 is 0 Å². The maximum atomic E-state index is 13.5. The second kappa shape index (κ2) is 3.92. The summed E-state index contributed by atoms with van der Waals surface area (Å²) < 4.78 is 87.3. The van der Waals surface area contributed by atoms with Crippen molar-refractivity contribution in [3.63, 3.8) is 0 Å². The van der Waals surface area contributed by atoms with Crippen molar-refractivity contribution in [3.05, 3.63) is 23.8 Å². The lowest BCUT2D eigenvalue weighted by atomic mass is 9.89. The molecular weight excluding hydrogens is 269 g/mol. The summed E-state index contributed by atoms with van der Waals surface area (Å²) in [6.07, 6.45) is -11.7. The minimum Gasteiger partial charge on any atom is -0.299 e. The van der Waals surface area contributed by atoms with Gasteiger partial charge in [0.25, 0.3) is 0 Å². The molecule has 0 radical (unpaired) electrons. The molecule has 18 heavy (non-hydrogen) atoms. The van der Waals surface area contributed by atoms with Gasteiger partial charge in [-0.25, -0.2) is 4.39 Å². The van der Waals surface area contributed by atoms with Crippen LogP contribution in [0.3, 0.4) is 0 Å². The summed E-state index contributed by atoms with van der Waals surface area (Å²) in [4.78, 5) is 0. The van der Waals surface area contributed by atoms with E-state index in [0.717, 1.165) is 0 Å². The van der Waals surface area contributed by atoms with Crippen LogP contribution in [0.1, 0.15) is 0 Å². The standard InChI is InChI=1S/C9H5F7N2/c10-7(8(11,12)13,9(14,15)16)4-1-2-5(17)6(18)3-4/h1-3,17-18H. The Morgan fingerprint density at radius 3 is 1.50 bits per heavy atom. The molecular formula is C9H5F7N2. The third-order valence-electron chi connectivity index (χ3n) is 2.20. The molecule has 0 saturated carbocycles. The van der Waals surface area contributed by atoms with Gasteiger partial charge < -0.3 is 0 Å². The molecule has 1 aliphatic carbocycles. The predicted molar refractivity (Wildman–Crippen MR) is 48.6 cm³/mol. The zero-order valence-electron chi connectivity index (χ0n) is 8.38. The van der Waals surface area contributed by atoms with Crippen LogP contribution in [0.5, 0.6) is 0 Å². The molecule has 0 bridgehead atoms. The molecule has 1 aliphatic rings. The Morgan fingerprint density at radius 2 is 1.17 bits per heavy atom. The lowest BCUT2D eigenvalue weighted by molar-refractivity contribution is -0.325. The monoisotopic (exact) mass is 274 g/mol. The minimum absolute atomic E-state index is 0.0450. The topological polar surface area (TPSA) is 47.7 Å². The van der Waals surface area contributed by atoms with E-state index in [0.29, 0.717) is 6.08 Å². The second-order valence-electron chi connectivity index (χ2n) is 3.41. The summed E-state index contributed by atoms with van der Waals surface area (Å²) in [5.41, 5.74) is -8.85. The summed E-state index contributed by atoms with van der Waals surface area (Å²) in [5.74, 6) is 0. The van der Waals surface area contributed by atoms with E-state index in [4.69, 9.17) is 10.8 Å². The van der Waals surface area contributed by atoms with Crippen molar-refractivity contribution in [1.29, 1.82) is 10.8 Å². The lowest BCUT2D eigenvalue weighted by Gasteiger charge is -2.31. The van der Waals surface area contributed by atoms with Crippen LogP contribution in [0, 0.1) is 10.8 Å². The van der Waals surface area contributed by atoms with Gasteiger partial charge in [0.2, 0.25) is 0 Å². The fraction of sp³-hybridized carbons (Fsp3) is 0.333. The van der Waals surface area contributed by atoms with Crippen molar-refractivity contribution in [3.8, 4) is 0 Å². The number of hydrogen-bond acceptors (Lipinski definition) is 2. The van der Waals surface area contributed by atoms with Gasteiger partial charge in [0.1, 0.15) is 0 Å². The zero-order chi connectivity index (χ0) is 14.4. The number of nitrogens with one attached hydrogen (secondary N) is 2. The van der Waals surface area contributed by atoms with Crippen molar-refractivity contribution in [2.24, 2.45) is 0 Å². The molecule has 9 heteroatoms. The highest BCUT2D eigenvalue weighted by Gasteiger charge is 2.74. The summed E-state index contributed by atoms with van der Waals surface area (Å²) in [6, 6.07) is 0. The first-order chi connectivity index (χ1) is 7.91. The van der Waals surface area contributed by atoms with E-state index in [1.807, 2.05) is 0 Å². The van der Waals surface area contributed by atoms with E-state index in [1.54, 1.807) is 0 Å². The molecule has 0 fully saturated rings. The highest BCUT2D eigenvalue weighted by molar-refractivity contribution is 6.49. The molecule has 0 aliphatic heterocycles. The normalized spacial score (nSPS) is 18.1. The Bertz CT molecular complexity index is 439. The number of halogens is 7. The highest BCUT2D eigenvalue weighted by atomic mass is 19.4. The van der Waals surface area contributed by atoms with Crippen LogP contribution in [0.25, 0.3) is 0 Å². The van der Waals surface area contributed by atoms with Crippen molar-refractivity contribution in [2.45, 2.75) is 18.0 Å². The van der Waals surface area contributed by atoms with E-state index in [1.165, 1.54) is 0 Å². The first kappa shape index (κ1) is 14.4. The molecule has 0 saturated heterocycles. The summed E-state index contributed by atoms with van der Waals surface area (Å²) in [6.45, 7) is 0. The number of alkyl halides is 7. The van der Waals surface area contributed by atoms with Gasteiger partial charge in [-0.1, -0.05) is 6.08 Å². The van der Waals surface area contributed by atoms with Crippen LogP contribution in [0.4, 0.5) is 30.7 Å². The fourth-order valence-electron chi connectivity index (χ4n) is 1.25. The zero-order valence-corrected chi connectivity index (χ0v) is 8.38. The van der Waals surface area contributed by atoms with Gasteiger partial charge >= 0.3 is 18.0 Å². The molecule has 0 unspecified atom stereocenters. The van der Waals surface area contributed by atoms with E-state index >= 15 is 0 Å². The van der Waals surface area contributed by atoms with Crippen molar-refractivity contribution in [2.75, 3.05) is 0 Å². The van der Waals surface area contributed by atoms with Gasteiger partial charge in [-0.3, -0.25) is 10.8 Å². The predicted octanol–water partition coefficient (Wildman–Crippen LogP) is 3.36. The quantitative estimate of drug-likeness (QED) is 0.544. The maximum Gasteiger partial charge on any atom is 0.435 e. The molecule has 0 atom stereocenters. The molecule has 2 N–H and O–H groups in total. The molecule has 0 aromatic carbocycles. The van der Waals surface area contributed by atoms with E-state index in [-0.39, 0.29) is 12.2 Å². The van der Waals surface area contributed by atoms with Crippen LogP contribution in [-0.4, -0.2) is 29.4 Å². The molecule has 0 heterocycles. The average molecular weight is 274 g/mol. The van der Waals surface area contributed by atoms with E-state index in [9.17, 15) is 30.7 Å². The Balaban J connectivity index is 3.41. The molecule has 0 amide bonds. The lowest BCUT2D eigenvalue weighted by Crippen LogP contribution is -2.54. The summed E-state index contributed by atoms with van der Waals surface area (Å²) >= 11 is 0. The molecule has 2 nitrogen and oxygen atoms in total. The van der Waals surface area contributed by atoms with Crippen molar-refractivity contribution < 1.29 is 30.7 Å². The number of hydrogen-bond donors (Lipinski definition) is 2. The smallest absolute Gasteiger partial charge is 0.299 e. The summed E-state index contributed by atoms with van der Waals surface area (Å²) in [5, 5.41) is 13.9. The first-order valence-electron chi connectivity index (χ1n) is 4.31. The maximum absolute atomic E-state index is 13.5. The van der Waals surface area contributed by atoms with E-state index in [2.05, 4.69) is 0 Å². The van der Waals surface area contributed by atoms with Crippen LogP contribution in [-0.2, 0) is 0 Å². The average Bonchev–Trinajstić information content (AvgIpc) is 2.17. The number of rotatable bonds is 1. The molecule has 1 rings (SSSR count).